The summed E-state index contributed by atoms with van der Waals surface area (Å²) in [4.78, 5) is 2.03. The van der Waals surface area contributed by atoms with Crippen LogP contribution in [-0.2, 0) is 0 Å². The number of benzene rings is 1. The van der Waals surface area contributed by atoms with E-state index in [0.29, 0.717) is 6.54 Å². The summed E-state index contributed by atoms with van der Waals surface area (Å²) in [6, 6.07) is 12.5. The average molecular weight is 256 g/mol. The summed E-state index contributed by atoms with van der Waals surface area (Å²) in [5, 5.41) is 8.57. The van der Waals surface area contributed by atoms with Crippen molar-refractivity contribution in [2.45, 2.75) is 19.9 Å². The Balaban J connectivity index is 2.23. The van der Waals surface area contributed by atoms with Crippen LogP contribution in [0.1, 0.15) is 12.5 Å². The molecule has 0 saturated carbocycles. The Morgan fingerprint density at radius 2 is 2.00 bits per heavy atom. The molecule has 0 spiro atoms. The number of hydrogen-bond acceptors (Lipinski definition) is 4. The van der Waals surface area contributed by atoms with Crippen LogP contribution in [0.25, 0.3) is 11.3 Å². The normalized spacial score (nSPS) is 12.2. The van der Waals surface area contributed by atoms with E-state index < -0.39 is 0 Å². The number of likely N-dealkylation sites (N-methyl/N-ethyl adjacent to an activating group) is 1. The molecule has 1 aromatic carbocycles. The molecule has 0 fully saturated rings. The Morgan fingerprint density at radius 1 is 1.21 bits per heavy atom. The van der Waals surface area contributed by atoms with Crippen LogP contribution in [-0.4, -0.2) is 29.8 Å². The van der Waals surface area contributed by atoms with E-state index >= 15 is 0 Å². The van der Waals surface area contributed by atoms with Crippen molar-refractivity contribution in [3.63, 3.8) is 0 Å². The van der Waals surface area contributed by atoms with Crippen LogP contribution in [0.4, 0.5) is 5.82 Å². The van der Waals surface area contributed by atoms with Gasteiger partial charge in [-0.05, 0) is 32.0 Å². The molecule has 2 aromatic rings. The summed E-state index contributed by atoms with van der Waals surface area (Å²) in [5.41, 5.74) is 8.86. The Bertz CT molecular complexity index is 536. The quantitative estimate of drug-likeness (QED) is 0.911. The fourth-order valence-corrected chi connectivity index (χ4v) is 1.86. The Kier molecular flexibility index (Phi) is 4.12. The highest BCUT2D eigenvalue weighted by atomic mass is 15.3. The third-order valence-corrected chi connectivity index (χ3v) is 3.33. The van der Waals surface area contributed by atoms with Crippen molar-refractivity contribution in [2.75, 3.05) is 18.5 Å². The highest BCUT2D eigenvalue weighted by Gasteiger charge is 2.10. The summed E-state index contributed by atoms with van der Waals surface area (Å²) in [6.07, 6.45) is 0. The molecule has 4 heteroatoms. The fourth-order valence-electron chi connectivity index (χ4n) is 1.86. The molecule has 4 nitrogen and oxygen atoms in total. The van der Waals surface area contributed by atoms with Gasteiger partial charge in [0.2, 0.25) is 0 Å². The number of hydrogen-bond donors (Lipinski definition) is 1. The van der Waals surface area contributed by atoms with Crippen LogP contribution in [0, 0.1) is 6.92 Å². The first-order valence-corrected chi connectivity index (χ1v) is 6.45. The summed E-state index contributed by atoms with van der Waals surface area (Å²) < 4.78 is 0. The molecule has 2 N–H and O–H groups in total. The highest BCUT2D eigenvalue weighted by Crippen LogP contribution is 2.19. The van der Waals surface area contributed by atoms with Crippen molar-refractivity contribution in [3.05, 3.63) is 42.0 Å². The van der Waals surface area contributed by atoms with E-state index in [0.717, 1.165) is 17.1 Å². The predicted octanol–water partition coefficient (Wildman–Crippen LogP) is 2.24. The molecule has 0 radical (unpaired) electrons. The van der Waals surface area contributed by atoms with Gasteiger partial charge in [-0.15, -0.1) is 10.2 Å². The van der Waals surface area contributed by atoms with Gasteiger partial charge in [-0.1, -0.05) is 23.8 Å². The lowest BCUT2D eigenvalue weighted by Crippen LogP contribution is -2.35. The zero-order chi connectivity index (χ0) is 13.8. The topological polar surface area (TPSA) is 55.0 Å². The van der Waals surface area contributed by atoms with Gasteiger partial charge in [0, 0.05) is 25.2 Å². The second-order valence-corrected chi connectivity index (χ2v) is 4.84. The van der Waals surface area contributed by atoms with E-state index in [2.05, 4.69) is 36.2 Å². The van der Waals surface area contributed by atoms with Crippen molar-refractivity contribution in [2.24, 2.45) is 5.73 Å². The van der Waals surface area contributed by atoms with Crippen molar-refractivity contribution < 1.29 is 0 Å². The largest absolute Gasteiger partial charge is 0.354 e. The predicted molar refractivity (Wildman–Crippen MR) is 79.1 cm³/mol. The van der Waals surface area contributed by atoms with E-state index in [-0.39, 0.29) is 6.04 Å². The molecular weight excluding hydrogens is 236 g/mol. The lowest BCUT2D eigenvalue weighted by molar-refractivity contribution is 0.682. The molecule has 19 heavy (non-hydrogen) atoms. The van der Waals surface area contributed by atoms with Gasteiger partial charge in [-0.25, -0.2) is 0 Å². The Labute approximate surface area is 114 Å². The van der Waals surface area contributed by atoms with Gasteiger partial charge in [-0.3, -0.25) is 0 Å². The fraction of sp³-hybridized carbons (Fsp3) is 0.333. The van der Waals surface area contributed by atoms with E-state index in [1.165, 1.54) is 5.56 Å². The van der Waals surface area contributed by atoms with E-state index in [9.17, 15) is 0 Å². The van der Waals surface area contributed by atoms with Crippen molar-refractivity contribution >= 4 is 5.82 Å². The van der Waals surface area contributed by atoms with Gasteiger partial charge >= 0.3 is 0 Å². The monoisotopic (exact) mass is 256 g/mol. The molecule has 1 unspecified atom stereocenters. The molecular formula is C15H20N4. The third-order valence-electron chi connectivity index (χ3n) is 3.33. The zero-order valence-corrected chi connectivity index (χ0v) is 11.7. The lowest BCUT2D eigenvalue weighted by atomic mass is 10.1. The van der Waals surface area contributed by atoms with Gasteiger partial charge in [0.05, 0.1) is 5.69 Å². The number of aryl methyl sites for hydroxylation is 1. The van der Waals surface area contributed by atoms with Crippen LogP contribution < -0.4 is 10.6 Å². The van der Waals surface area contributed by atoms with Gasteiger partial charge < -0.3 is 10.6 Å². The lowest BCUT2D eigenvalue weighted by Gasteiger charge is -2.24. The molecule has 0 aliphatic rings. The minimum atomic E-state index is 0.249. The standard InChI is InChI=1S/C15H20N4/c1-11-5-4-6-13(9-11)14-7-8-15(18-17-14)19(3)12(2)10-16/h4-9,12H,10,16H2,1-3H3. The maximum absolute atomic E-state index is 5.66. The zero-order valence-electron chi connectivity index (χ0n) is 11.7. The van der Waals surface area contributed by atoms with Gasteiger partial charge in [0.25, 0.3) is 0 Å². The summed E-state index contributed by atoms with van der Waals surface area (Å²) in [5.74, 6) is 0.842. The molecule has 1 atom stereocenters. The maximum Gasteiger partial charge on any atom is 0.151 e. The molecule has 0 bridgehead atoms. The minimum absolute atomic E-state index is 0.249. The van der Waals surface area contributed by atoms with Crippen LogP contribution in [0.5, 0.6) is 0 Å². The molecule has 0 amide bonds. The number of aromatic nitrogens is 2. The Hall–Kier alpha value is -1.94. The average Bonchev–Trinajstić information content (AvgIpc) is 2.46. The summed E-state index contributed by atoms with van der Waals surface area (Å²) in [6.45, 7) is 4.73. The molecule has 1 heterocycles. The van der Waals surface area contributed by atoms with Crippen molar-refractivity contribution in [3.8, 4) is 11.3 Å². The minimum Gasteiger partial charge on any atom is -0.354 e. The number of nitrogens with two attached hydrogens (primary N) is 1. The first kappa shape index (κ1) is 13.5. The number of nitrogens with zero attached hydrogens (tertiary/aromatic N) is 3. The van der Waals surface area contributed by atoms with Gasteiger partial charge in [0.15, 0.2) is 5.82 Å². The smallest absolute Gasteiger partial charge is 0.151 e. The highest BCUT2D eigenvalue weighted by molar-refractivity contribution is 5.60. The SMILES string of the molecule is Cc1cccc(-c2ccc(N(C)C(C)CN)nn2)c1. The first-order chi connectivity index (χ1) is 9.11. The molecule has 0 saturated heterocycles. The van der Waals surface area contributed by atoms with E-state index in [1.807, 2.05) is 36.2 Å². The third kappa shape index (κ3) is 3.09. The van der Waals surface area contributed by atoms with Crippen LogP contribution in [0.15, 0.2) is 36.4 Å². The second-order valence-electron chi connectivity index (χ2n) is 4.84. The van der Waals surface area contributed by atoms with E-state index in [4.69, 9.17) is 5.73 Å². The summed E-state index contributed by atoms with van der Waals surface area (Å²) in [7, 11) is 1.98. The second kappa shape index (κ2) is 5.80. The van der Waals surface area contributed by atoms with E-state index in [1.54, 1.807) is 0 Å². The van der Waals surface area contributed by atoms with Crippen molar-refractivity contribution in [1.29, 1.82) is 0 Å². The maximum atomic E-state index is 5.66. The molecule has 0 aliphatic heterocycles. The Morgan fingerprint density at radius 3 is 2.58 bits per heavy atom. The molecule has 2 rings (SSSR count). The first-order valence-electron chi connectivity index (χ1n) is 6.45. The van der Waals surface area contributed by atoms with Crippen LogP contribution in [0.2, 0.25) is 0 Å². The van der Waals surface area contributed by atoms with Crippen LogP contribution in [0.3, 0.4) is 0 Å². The number of rotatable bonds is 4. The van der Waals surface area contributed by atoms with Crippen LogP contribution >= 0.6 is 0 Å². The molecule has 1 aromatic heterocycles. The molecule has 100 valence electrons. The van der Waals surface area contributed by atoms with Crippen molar-refractivity contribution in [1.82, 2.24) is 10.2 Å². The summed E-state index contributed by atoms with van der Waals surface area (Å²) >= 11 is 0. The molecule has 0 aliphatic carbocycles. The number of anilines is 1. The van der Waals surface area contributed by atoms with Gasteiger partial charge in [0.1, 0.15) is 0 Å². The van der Waals surface area contributed by atoms with Gasteiger partial charge in [-0.2, -0.15) is 0 Å².